The minimum Gasteiger partial charge on any atom is -0.481 e. The third kappa shape index (κ3) is 3.45. The zero-order valence-corrected chi connectivity index (χ0v) is 11.1. The fourth-order valence-corrected chi connectivity index (χ4v) is 1.84. The van der Waals surface area contributed by atoms with Crippen LogP contribution in [0.3, 0.4) is 0 Å². The summed E-state index contributed by atoms with van der Waals surface area (Å²) < 4.78 is 5.14. The molecule has 1 aliphatic heterocycles. The summed E-state index contributed by atoms with van der Waals surface area (Å²) in [5.74, 6) is -1.35. The van der Waals surface area contributed by atoms with Crippen molar-refractivity contribution in [1.82, 2.24) is 4.90 Å². The molecule has 0 aromatic rings. The largest absolute Gasteiger partial charge is 0.481 e. The Morgan fingerprint density at radius 3 is 2.39 bits per heavy atom. The highest BCUT2D eigenvalue weighted by Gasteiger charge is 2.43. The molecule has 1 N–H and O–H groups in total. The second kappa shape index (κ2) is 4.59. The average Bonchev–Trinajstić information content (AvgIpc) is 2.13. The number of ketones is 1. The van der Waals surface area contributed by atoms with Gasteiger partial charge >= 0.3 is 12.1 Å². The van der Waals surface area contributed by atoms with E-state index in [0.29, 0.717) is 0 Å². The maximum atomic E-state index is 11.8. The lowest BCUT2D eigenvalue weighted by molar-refractivity contribution is -0.154. The van der Waals surface area contributed by atoms with Crippen molar-refractivity contribution in [1.29, 1.82) is 0 Å². The van der Waals surface area contributed by atoms with Crippen LogP contribution in [0.25, 0.3) is 0 Å². The van der Waals surface area contributed by atoms with Gasteiger partial charge in [0.15, 0.2) is 5.78 Å². The number of carboxylic acid groups (broad SMARTS) is 1. The third-order valence-electron chi connectivity index (χ3n) is 2.66. The molecule has 1 heterocycles. The Bertz CT molecular complexity index is 384. The molecule has 6 nitrogen and oxygen atoms in total. The second-order valence-electron chi connectivity index (χ2n) is 5.92. The molecule has 1 saturated heterocycles. The summed E-state index contributed by atoms with van der Waals surface area (Å²) >= 11 is 0. The van der Waals surface area contributed by atoms with Crippen molar-refractivity contribution in [3.05, 3.63) is 0 Å². The molecular weight excluding hydrogens is 238 g/mol. The fourth-order valence-electron chi connectivity index (χ4n) is 1.84. The van der Waals surface area contributed by atoms with Gasteiger partial charge in [0.05, 0.1) is 12.0 Å². The molecule has 1 unspecified atom stereocenters. The minimum absolute atomic E-state index is 0.0109. The zero-order chi connectivity index (χ0) is 14.1. The summed E-state index contributed by atoms with van der Waals surface area (Å²) in [6.45, 7) is 6.51. The average molecular weight is 257 g/mol. The number of likely N-dealkylation sites (tertiary alicyclic amines) is 1. The van der Waals surface area contributed by atoms with E-state index in [2.05, 4.69) is 0 Å². The number of hydrogen-bond acceptors (Lipinski definition) is 4. The van der Waals surface area contributed by atoms with E-state index in [1.807, 2.05) is 0 Å². The van der Waals surface area contributed by atoms with Crippen LogP contribution >= 0.6 is 0 Å². The number of amides is 1. The Hall–Kier alpha value is -1.59. The van der Waals surface area contributed by atoms with Gasteiger partial charge in [0, 0.05) is 13.0 Å². The standard InChI is InChI=1S/C12H19NO5/c1-11(2,3)18-10(17)13-6-8(14)5-12(4,7-13)9(15)16/h5-7H2,1-4H3,(H,15,16). The number of carbonyl (C=O) groups excluding carboxylic acids is 2. The predicted molar refractivity (Wildman–Crippen MR) is 63.2 cm³/mol. The van der Waals surface area contributed by atoms with E-state index in [1.165, 1.54) is 6.92 Å². The molecule has 0 aliphatic carbocycles. The van der Waals surface area contributed by atoms with Crippen LogP contribution < -0.4 is 0 Å². The van der Waals surface area contributed by atoms with E-state index in [-0.39, 0.29) is 25.3 Å². The number of aliphatic carboxylic acids is 1. The van der Waals surface area contributed by atoms with Gasteiger partial charge < -0.3 is 9.84 Å². The molecule has 0 radical (unpaired) electrons. The Morgan fingerprint density at radius 1 is 1.39 bits per heavy atom. The highest BCUT2D eigenvalue weighted by atomic mass is 16.6. The van der Waals surface area contributed by atoms with Gasteiger partial charge in [-0.3, -0.25) is 14.5 Å². The van der Waals surface area contributed by atoms with Crippen molar-refractivity contribution in [3.63, 3.8) is 0 Å². The quantitative estimate of drug-likeness (QED) is 0.765. The fraction of sp³-hybridized carbons (Fsp3) is 0.750. The van der Waals surface area contributed by atoms with Crippen molar-refractivity contribution < 1.29 is 24.2 Å². The molecule has 102 valence electrons. The third-order valence-corrected chi connectivity index (χ3v) is 2.66. The lowest BCUT2D eigenvalue weighted by Crippen LogP contribution is -2.53. The van der Waals surface area contributed by atoms with E-state index in [4.69, 9.17) is 9.84 Å². The number of nitrogens with zero attached hydrogens (tertiary/aromatic N) is 1. The Balaban J connectivity index is 2.81. The summed E-state index contributed by atoms with van der Waals surface area (Å²) in [4.78, 5) is 35.7. The molecule has 1 aliphatic rings. The van der Waals surface area contributed by atoms with Crippen LogP contribution in [0.15, 0.2) is 0 Å². The second-order valence-corrected chi connectivity index (χ2v) is 5.92. The normalized spacial score (nSPS) is 24.9. The van der Waals surface area contributed by atoms with Crippen molar-refractivity contribution >= 4 is 17.8 Å². The molecule has 1 atom stereocenters. The molecule has 0 spiro atoms. The van der Waals surface area contributed by atoms with Crippen LogP contribution in [0.5, 0.6) is 0 Å². The van der Waals surface area contributed by atoms with Gasteiger partial charge in [-0.2, -0.15) is 0 Å². The van der Waals surface area contributed by atoms with Crippen molar-refractivity contribution in [2.75, 3.05) is 13.1 Å². The first-order chi connectivity index (χ1) is 8.03. The Morgan fingerprint density at radius 2 is 1.94 bits per heavy atom. The van der Waals surface area contributed by atoms with E-state index in [9.17, 15) is 14.4 Å². The first-order valence-corrected chi connectivity index (χ1v) is 5.76. The summed E-state index contributed by atoms with van der Waals surface area (Å²) in [6, 6.07) is 0. The number of piperidine rings is 1. The monoisotopic (exact) mass is 257 g/mol. The number of carboxylic acids is 1. The summed E-state index contributed by atoms with van der Waals surface area (Å²) in [5.41, 5.74) is -1.90. The summed E-state index contributed by atoms with van der Waals surface area (Å²) in [6.07, 6.45) is -0.704. The van der Waals surface area contributed by atoms with Gasteiger partial charge in [-0.25, -0.2) is 4.79 Å². The maximum absolute atomic E-state index is 11.8. The van der Waals surface area contributed by atoms with E-state index >= 15 is 0 Å². The van der Waals surface area contributed by atoms with Gasteiger partial charge in [-0.05, 0) is 27.7 Å². The van der Waals surface area contributed by atoms with E-state index < -0.39 is 23.1 Å². The number of Topliss-reactive ketones (excluding diaryl/α,β-unsaturated/α-hetero) is 1. The molecule has 6 heteroatoms. The van der Waals surface area contributed by atoms with Crippen LogP contribution in [-0.4, -0.2) is 46.5 Å². The molecule has 1 amide bonds. The molecule has 1 rings (SSSR count). The molecular formula is C12H19NO5. The smallest absolute Gasteiger partial charge is 0.410 e. The van der Waals surface area contributed by atoms with Crippen LogP contribution in [0.1, 0.15) is 34.1 Å². The molecule has 1 fully saturated rings. The number of rotatable bonds is 1. The van der Waals surface area contributed by atoms with Crippen molar-refractivity contribution in [2.45, 2.75) is 39.7 Å². The number of hydrogen-bond donors (Lipinski definition) is 1. The first-order valence-electron chi connectivity index (χ1n) is 5.76. The van der Waals surface area contributed by atoms with Gasteiger partial charge in [-0.15, -0.1) is 0 Å². The van der Waals surface area contributed by atoms with Crippen LogP contribution in [-0.2, 0) is 14.3 Å². The molecule has 0 saturated carbocycles. The number of carbonyl (C=O) groups is 3. The van der Waals surface area contributed by atoms with Crippen LogP contribution in [0.4, 0.5) is 4.79 Å². The molecule has 0 bridgehead atoms. The number of ether oxygens (including phenoxy) is 1. The Kier molecular flexibility index (Phi) is 3.69. The minimum atomic E-state index is -1.23. The zero-order valence-electron chi connectivity index (χ0n) is 11.1. The van der Waals surface area contributed by atoms with Crippen molar-refractivity contribution in [2.24, 2.45) is 5.41 Å². The van der Waals surface area contributed by atoms with Gasteiger partial charge in [0.25, 0.3) is 0 Å². The van der Waals surface area contributed by atoms with Crippen LogP contribution in [0.2, 0.25) is 0 Å². The SMILES string of the molecule is CC(C)(C)OC(=O)N1CC(=O)CC(C)(C(=O)O)C1. The lowest BCUT2D eigenvalue weighted by Gasteiger charge is -2.37. The van der Waals surface area contributed by atoms with E-state index in [1.54, 1.807) is 20.8 Å². The highest BCUT2D eigenvalue weighted by Crippen LogP contribution is 2.28. The van der Waals surface area contributed by atoms with E-state index in [0.717, 1.165) is 4.90 Å². The summed E-state index contributed by atoms with van der Waals surface area (Å²) in [5, 5.41) is 9.12. The molecule has 18 heavy (non-hydrogen) atoms. The maximum Gasteiger partial charge on any atom is 0.410 e. The van der Waals surface area contributed by atoms with Gasteiger partial charge in [-0.1, -0.05) is 0 Å². The molecule has 0 aromatic heterocycles. The summed E-state index contributed by atoms with van der Waals surface area (Å²) in [7, 11) is 0. The van der Waals surface area contributed by atoms with Gasteiger partial charge in [0.1, 0.15) is 5.60 Å². The Labute approximate surface area is 106 Å². The van der Waals surface area contributed by atoms with Crippen molar-refractivity contribution in [3.8, 4) is 0 Å². The topological polar surface area (TPSA) is 83.9 Å². The molecule has 0 aromatic carbocycles. The lowest BCUT2D eigenvalue weighted by atomic mass is 9.81. The first kappa shape index (κ1) is 14.5. The van der Waals surface area contributed by atoms with Crippen LogP contribution in [0, 0.1) is 5.41 Å². The van der Waals surface area contributed by atoms with Gasteiger partial charge in [0.2, 0.25) is 0 Å². The highest BCUT2D eigenvalue weighted by molar-refractivity contribution is 5.91. The predicted octanol–water partition coefficient (Wildman–Crippen LogP) is 1.29.